The number of nitro groups is 1. The molecule has 0 fully saturated rings. The summed E-state index contributed by atoms with van der Waals surface area (Å²) in [7, 11) is 0. The van der Waals surface area contributed by atoms with E-state index in [1.165, 1.54) is 36.4 Å². The molecule has 0 bridgehead atoms. The summed E-state index contributed by atoms with van der Waals surface area (Å²) >= 11 is 6.12. The van der Waals surface area contributed by atoms with Crippen molar-refractivity contribution >= 4 is 34.9 Å². The fraction of sp³-hybridized carbons (Fsp3) is 0. The molecule has 7 nitrogen and oxygen atoms in total. The molecule has 0 aliphatic rings. The van der Waals surface area contributed by atoms with Gasteiger partial charge in [0, 0.05) is 23.8 Å². The maximum absolute atomic E-state index is 14.4. The molecule has 0 aliphatic heterocycles. The molecule has 0 atom stereocenters. The van der Waals surface area contributed by atoms with E-state index in [0.717, 1.165) is 18.2 Å². The van der Waals surface area contributed by atoms with Crippen LogP contribution >= 0.6 is 11.6 Å². The zero-order valence-electron chi connectivity index (χ0n) is 18.2. The third kappa shape index (κ3) is 5.37. The first kappa shape index (κ1) is 24.5. The first-order valence-corrected chi connectivity index (χ1v) is 10.7. The summed E-state index contributed by atoms with van der Waals surface area (Å²) in [6, 6.07) is 18.2. The van der Waals surface area contributed by atoms with Crippen molar-refractivity contribution in [3.8, 4) is 16.9 Å². The summed E-state index contributed by atoms with van der Waals surface area (Å²) in [4.78, 5) is 36.1. The number of ether oxygens (including phenoxy) is 1. The molecule has 4 aromatic rings. The minimum atomic E-state index is -0.877. The molecule has 4 aromatic carbocycles. The maximum Gasteiger partial charge on any atom is 0.343 e. The molecule has 0 aliphatic carbocycles. The number of nitro benzene ring substituents is 1. The summed E-state index contributed by atoms with van der Waals surface area (Å²) in [6.07, 6.45) is 0. The quantitative estimate of drug-likeness (QED) is 0.136. The Labute approximate surface area is 208 Å². The number of halogens is 3. The van der Waals surface area contributed by atoms with Crippen molar-refractivity contribution in [1.82, 2.24) is 0 Å². The van der Waals surface area contributed by atoms with Crippen molar-refractivity contribution < 1.29 is 28.0 Å². The largest absolute Gasteiger partial charge is 0.422 e. The van der Waals surface area contributed by atoms with Crippen LogP contribution in [0.15, 0.2) is 84.9 Å². The van der Waals surface area contributed by atoms with E-state index >= 15 is 0 Å². The molecule has 0 unspecified atom stereocenters. The molecule has 0 heterocycles. The van der Waals surface area contributed by atoms with Gasteiger partial charge in [-0.25, -0.2) is 13.6 Å². The van der Waals surface area contributed by atoms with Crippen molar-refractivity contribution in [3.63, 3.8) is 0 Å². The van der Waals surface area contributed by atoms with Gasteiger partial charge in [-0.05, 0) is 54.1 Å². The lowest BCUT2D eigenvalue weighted by Crippen LogP contribution is -2.16. The van der Waals surface area contributed by atoms with Gasteiger partial charge in [-0.2, -0.15) is 0 Å². The lowest BCUT2D eigenvalue weighted by molar-refractivity contribution is -0.384. The summed E-state index contributed by atoms with van der Waals surface area (Å²) in [5, 5.41) is 13.7. The van der Waals surface area contributed by atoms with Gasteiger partial charge in [-0.1, -0.05) is 29.8 Å². The van der Waals surface area contributed by atoms with Crippen LogP contribution in [0.2, 0.25) is 5.02 Å². The number of benzene rings is 4. The van der Waals surface area contributed by atoms with Crippen LogP contribution in [0.3, 0.4) is 0 Å². The number of hydrogen-bond donors (Lipinski definition) is 1. The van der Waals surface area contributed by atoms with Gasteiger partial charge in [0.15, 0.2) is 0 Å². The zero-order chi connectivity index (χ0) is 25.8. The Balaban J connectivity index is 1.71. The molecule has 0 spiro atoms. The van der Waals surface area contributed by atoms with E-state index in [0.29, 0.717) is 6.07 Å². The monoisotopic (exact) mass is 508 g/mol. The summed E-state index contributed by atoms with van der Waals surface area (Å²) < 4.78 is 33.2. The molecule has 0 radical (unpaired) electrons. The first-order valence-electron chi connectivity index (χ1n) is 10.3. The van der Waals surface area contributed by atoms with Gasteiger partial charge in [0.05, 0.1) is 26.8 Å². The van der Waals surface area contributed by atoms with Crippen LogP contribution < -0.4 is 10.1 Å². The van der Waals surface area contributed by atoms with Crippen molar-refractivity contribution in [3.05, 3.63) is 123 Å². The Morgan fingerprint density at radius 2 is 1.64 bits per heavy atom. The second-order valence-electron chi connectivity index (χ2n) is 7.46. The number of nitrogens with zero attached hydrogens (tertiary/aromatic N) is 1. The standard InChI is InChI=1S/C26H15ClF2N2O5/c27-21-3-1-2-4-23(21)30-25(32)20-13-16(19-11-8-17(28)14-22(19)29)7-12-24(20)36-26(33)15-5-9-18(10-6-15)31(34)35/h1-14H,(H,30,32). The average Bonchev–Trinajstić information content (AvgIpc) is 2.86. The highest BCUT2D eigenvalue weighted by molar-refractivity contribution is 6.34. The van der Waals surface area contributed by atoms with Crippen molar-refractivity contribution in [2.75, 3.05) is 5.32 Å². The van der Waals surface area contributed by atoms with Crippen LogP contribution in [-0.4, -0.2) is 16.8 Å². The highest BCUT2D eigenvalue weighted by Crippen LogP contribution is 2.31. The summed E-state index contributed by atoms with van der Waals surface area (Å²) in [5.41, 5.74) is 0.203. The van der Waals surface area contributed by atoms with Crippen LogP contribution in [0.1, 0.15) is 20.7 Å². The predicted molar refractivity (Wildman–Crippen MR) is 129 cm³/mol. The van der Waals surface area contributed by atoms with Crippen LogP contribution in [-0.2, 0) is 0 Å². The van der Waals surface area contributed by atoms with E-state index in [1.54, 1.807) is 24.3 Å². The lowest BCUT2D eigenvalue weighted by Gasteiger charge is -2.14. The van der Waals surface area contributed by atoms with Crippen LogP contribution in [0.25, 0.3) is 11.1 Å². The lowest BCUT2D eigenvalue weighted by atomic mass is 10.0. The van der Waals surface area contributed by atoms with Crippen molar-refractivity contribution in [2.45, 2.75) is 0 Å². The fourth-order valence-corrected chi connectivity index (χ4v) is 3.50. The molecule has 0 saturated heterocycles. The second-order valence-corrected chi connectivity index (χ2v) is 7.87. The number of hydrogen-bond acceptors (Lipinski definition) is 5. The Kier molecular flexibility index (Phi) is 7.03. The highest BCUT2D eigenvalue weighted by Gasteiger charge is 2.20. The number of amides is 1. The number of anilines is 1. The second kappa shape index (κ2) is 10.3. The highest BCUT2D eigenvalue weighted by atomic mass is 35.5. The van der Waals surface area contributed by atoms with Gasteiger partial charge in [-0.3, -0.25) is 14.9 Å². The number of non-ortho nitro benzene ring substituents is 1. The summed E-state index contributed by atoms with van der Waals surface area (Å²) in [5.74, 6) is -3.35. The number of carbonyl (C=O) groups excluding carboxylic acids is 2. The normalized spacial score (nSPS) is 10.5. The van der Waals surface area contributed by atoms with E-state index in [-0.39, 0.29) is 44.4 Å². The summed E-state index contributed by atoms with van der Waals surface area (Å²) in [6.45, 7) is 0. The molecule has 1 amide bonds. The number of carbonyl (C=O) groups is 2. The number of nitrogens with one attached hydrogen (secondary N) is 1. The van der Waals surface area contributed by atoms with Gasteiger partial charge in [0.25, 0.3) is 11.6 Å². The van der Waals surface area contributed by atoms with E-state index in [1.807, 2.05) is 0 Å². The maximum atomic E-state index is 14.4. The topological polar surface area (TPSA) is 98.5 Å². The zero-order valence-corrected chi connectivity index (χ0v) is 19.0. The number of esters is 1. The molecule has 0 aromatic heterocycles. The minimum Gasteiger partial charge on any atom is -0.422 e. The minimum absolute atomic E-state index is 0.00622. The SMILES string of the molecule is O=C(Oc1ccc(-c2ccc(F)cc2F)cc1C(=O)Nc1ccccc1Cl)c1ccc([N+](=O)[O-])cc1. The Hall–Kier alpha value is -4.63. The first-order chi connectivity index (χ1) is 17.2. The van der Waals surface area contributed by atoms with Gasteiger partial charge in [0.2, 0.25) is 0 Å². The van der Waals surface area contributed by atoms with Gasteiger partial charge in [0.1, 0.15) is 17.4 Å². The Morgan fingerprint density at radius 3 is 2.31 bits per heavy atom. The van der Waals surface area contributed by atoms with E-state index in [9.17, 15) is 28.5 Å². The third-order valence-electron chi connectivity index (χ3n) is 5.10. The molecular formula is C26H15ClF2N2O5. The van der Waals surface area contributed by atoms with Crippen LogP contribution in [0.4, 0.5) is 20.2 Å². The molecule has 0 saturated carbocycles. The van der Waals surface area contributed by atoms with E-state index in [2.05, 4.69) is 5.32 Å². The molecular weight excluding hydrogens is 494 g/mol. The molecule has 36 heavy (non-hydrogen) atoms. The van der Waals surface area contributed by atoms with E-state index < -0.39 is 28.4 Å². The van der Waals surface area contributed by atoms with Gasteiger partial charge >= 0.3 is 5.97 Å². The smallest absolute Gasteiger partial charge is 0.343 e. The molecule has 1 N–H and O–H groups in total. The van der Waals surface area contributed by atoms with Crippen LogP contribution in [0.5, 0.6) is 5.75 Å². The number of para-hydroxylation sites is 1. The molecule has 4 rings (SSSR count). The third-order valence-corrected chi connectivity index (χ3v) is 5.43. The fourth-order valence-electron chi connectivity index (χ4n) is 3.32. The molecule has 10 heteroatoms. The Morgan fingerprint density at radius 1 is 0.917 bits per heavy atom. The average molecular weight is 509 g/mol. The van der Waals surface area contributed by atoms with E-state index in [4.69, 9.17) is 16.3 Å². The van der Waals surface area contributed by atoms with Crippen molar-refractivity contribution in [2.24, 2.45) is 0 Å². The van der Waals surface area contributed by atoms with Gasteiger partial charge in [-0.15, -0.1) is 0 Å². The Bertz CT molecular complexity index is 1490. The molecule has 180 valence electrons. The van der Waals surface area contributed by atoms with Crippen LogP contribution in [0, 0.1) is 21.7 Å². The van der Waals surface area contributed by atoms with Gasteiger partial charge < -0.3 is 10.1 Å². The van der Waals surface area contributed by atoms with Crippen molar-refractivity contribution in [1.29, 1.82) is 0 Å². The predicted octanol–water partition coefficient (Wildman–Crippen LogP) is 6.66. The number of rotatable bonds is 6.